The number of carbonyl (C=O) groups excluding carboxylic acids is 2. The van der Waals surface area contributed by atoms with Crippen molar-refractivity contribution in [2.24, 2.45) is 5.92 Å². The van der Waals surface area contributed by atoms with E-state index in [0.29, 0.717) is 49.8 Å². The van der Waals surface area contributed by atoms with Gasteiger partial charge in [-0.1, -0.05) is 54.1 Å². The third kappa shape index (κ3) is 5.11. The van der Waals surface area contributed by atoms with E-state index >= 15 is 0 Å². The number of piperidine rings is 1. The predicted octanol–water partition coefficient (Wildman–Crippen LogP) is 4.54. The highest BCUT2D eigenvalue weighted by molar-refractivity contribution is 6.30. The maximum absolute atomic E-state index is 13.2. The largest absolute Gasteiger partial charge is 0.365 e. The van der Waals surface area contributed by atoms with Crippen molar-refractivity contribution in [2.45, 2.75) is 45.1 Å². The van der Waals surface area contributed by atoms with Crippen molar-refractivity contribution in [1.82, 2.24) is 19.8 Å². The summed E-state index contributed by atoms with van der Waals surface area (Å²) in [7, 11) is 0. The van der Waals surface area contributed by atoms with Gasteiger partial charge in [-0.05, 0) is 43.0 Å². The minimum atomic E-state index is -0.107. The van der Waals surface area contributed by atoms with E-state index in [2.05, 4.69) is 10.3 Å². The Morgan fingerprint density at radius 2 is 1.80 bits per heavy atom. The number of nitrogens with zero attached hydrogens (tertiary/aromatic N) is 3. The van der Waals surface area contributed by atoms with E-state index < -0.39 is 0 Å². The predicted molar refractivity (Wildman–Crippen MR) is 133 cm³/mol. The summed E-state index contributed by atoms with van der Waals surface area (Å²) in [6, 6.07) is 17.5. The van der Waals surface area contributed by atoms with Crippen molar-refractivity contribution >= 4 is 23.4 Å². The van der Waals surface area contributed by atoms with Crippen LogP contribution >= 0.6 is 11.6 Å². The lowest BCUT2D eigenvalue weighted by atomic mass is 9.95. The summed E-state index contributed by atoms with van der Waals surface area (Å²) < 4.78 is 8.06. The molecule has 3 aromatic rings. The van der Waals surface area contributed by atoms with Crippen LogP contribution in [0.15, 0.2) is 60.9 Å². The van der Waals surface area contributed by atoms with Crippen LogP contribution < -0.4 is 5.32 Å². The Morgan fingerprint density at radius 3 is 2.51 bits per heavy atom. The molecule has 0 saturated carbocycles. The number of likely N-dealkylation sites (tertiary alicyclic amines) is 1. The van der Waals surface area contributed by atoms with E-state index in [1.165, 1.54) is 0 Å². The first-order valence-corrected chi connectivity index (χ1v) is 12.4. The number of aromatic nitrogens is 2. The number of fused-ring (bicyclic) bond motifs is 1. The Labute approximate surface area is 210 Å². The molecule has 2 aromatic carbocycles. The first kappa shape index (κ1) is 23.6. The molecule has 35 heavy (non-hydrogen) atoms. The quantitative estimate of drug-likeness (QED) is 0.567. The molecule has 1 saturated heterocycles. The molecule has 2 atom stereocenters. The van der Waals surface area contributed by atoms with Gasteiger partial charge in [0, 0.05) is 24.0 Å². The van der Waals surface area contributed by atoms with Crippen molar-refractivity contribution < 1.29 is 14.3 Å². The molecule has 2 aliphatic rings. The summed E-state index contributed by atoms with van der Waals surface area (Å²) in [4.78, 5) is 32.3. The number of ether oxygens (including phenoxy) is 1. The summed E-state index contributed by atoms with van der Waals surface area (Å²) in [5.74, 6) is -0.136. The minimum absolute atomic E-state index is 0.0443. The van der Waals surface area contributed by atoms with Gasteiger partial charge in [0.1, 0.15) is 6.10 Å². The zero-order valence-electron chi connectivity index (χ0n) is 19.7. The monoisotopic (exact) mass is 492 g/mol. The molecule has 7 nitrogen and oxygen atoms in total. The molecule has 0 spiro atoms. The molecule has 3 heterocycles. The molecule has 0 unspecified atom stereocenters. The van der Waals surface area contributed by atoms with E-state index in [1.54, 1.807) is 11.2 Å². The third-order valence-corrected chi connectivity index (χ3v) is 7.24. The van der Waals surface area contributed by atoms with Gasteiger partial charge in [0.2, 0.25) is 5.91 Å². The van der Waals surface area contributed by atoms with Gasteiger partial charge in [-0.15, -0.1) is 0 Å². The molecule has 8 heteroatoms. The fourth-order valence-electron chi connectivity index (χ4n) is 4.84. The first-order valence-electron chi connectivity index (χ1n) is 12.0. The molecule has 5 rings (SSSR count). The molecule has 1 N–H and O–H groups in total. The maximum Gasteiger partial charge on any atom is 0.274 e. The SMILES string of the molecule is C[C@@H](NC(=O)C1CCN(C(=O)c2ncn3c2CO[C@@H](c2ccc(Cl)cc2)C3)CC1)c1ccccc1. The van der Waals surface area contributed by atoms with Gasteiger partial charge in [-0.3, -0.25) is 9.59 Å². The zero-order chi connectivity index (χ0) is 24.4. The highest BCUT2D eigenvalue weighted by Gasteiger charge is 2.32. The van der Waals surface area contributed by atoms with Crippen molar-refractivity contribution in [3.8, 4) is 0 Å². The van der Waals surface area contributed by atoms with Crippen LogP contribution in [0.3, 0.4) is 0 Å². The van der Waals surface area contributed by atoms with Crippen molar-refractivity contribution in [3.63, 3.8) is 0 Å². The summed E-state index contributed by atoms with van der Waals surface area (Å²) in [5, 5.41) is 3.80. The van der Waals surface area contributed by atoms with Crippen molar-refractivity contribution in [2.75, 3.05) is 13.1 Å². The standard InChI is InChI=1S/C27H29ClN4O3/c1-18(19-5-3-2-4-6-19)30-26(33)21-11-13-31(14-12-21)27(34)25-23-16-35-24(15-32(23)17-29-25)20-7-9-22(28)10-8-20/h2-10,17-18,21,24H,11-16H2,1H3,(H,30,33)/t18-,24-/m1/s1. The van der Waals surface area contributed by atoms with Crippen LogP contribution in [0.1, 0.15) is 59.2 Å². The molecule has 0 radical (unpaired) electrons. The summed E-state index contributed by atoms with van der Waals surface area (Å²) in [6.45, 7) is 3.99. The fraction of sp³-hybridized carbons (Fsp3) is 0.370. The summed E-state index contributed by atoms with van der Waals surface area (Å²) >= 11 is 6.00. The highest BCUT2D eigenvalue weighted by Crippen LogP contribution is 2.29. The number of amides is 2. The van der Waals surface area contributed by atoms with Gasteiger partial charge < -0.3 is 19.5 Å². The lowest BCUT2D eigenvalue weighted by Crippen LogP contribution is -2.43. The summed E-state index contributed by atoms with van der Waals surface area (Å²) in [6.07, 6.45) is 2.90. The minimum Gasteiger partial charge on any atom is -0.365 e. The number of rotatable bonds is 5. The number of halogens is 1. The molecule has 0 aliphatic carbocycles. The number of hydrogen-bond acceptors (Lipinski definition) is 4. The van der Waals surface area contributed by atoms with E-state index in [0.717, 1.165) is 16.8 Å². The Hall–Kier alpha value is -3.16. The van der Waals surface area contributed by atoms with Gasteiger partial charge in [0.05, 0.1) is 31.2 Å². The molecular weight excluding hydrogens is 464 g/mol. The van der Waals surface area contributed by atoms with Crippen LogP contribution in [0.4, 0.5) is 0 Å². The van der Waals surface area contributed by atoms with Gasteiger partial charge in [0.25, 0.3) is 5.91 Å². The van der Waals surface area contributed by atoms with Crippen LogP contribution in [-0.4, -0.2) is 39.4 Å². The lowest BCUT2D eigenvalue weighted by Gasteiger charge is -2.32. The van der Waals surface area contributed by atoms with E-state index in [4.69, 9.17) is 16.3 Å². The smallest absolute Gasteiger partial charge is 0.274 e. The molecule has 1 aromatic heterocycles. The first-order chi connectivity index (χ1) is 17.0. The van der Waals surface area contributed by atoms with Crippen LogP contribution in [0, 0.1) is 5.92 Å². The normalized spacial score (nSPS) is 19.1. The average molecular weight is 493 g/mol. The second-order valence-electron chi connectivity index (χ2n) is 9.25. The molecule has 0 bridgehead atoms. The van der Waals surface area contributed by atoms with E-state index in [9.17, 15) is 9.59 Å². The Balaban J connectivity index is 1.17. The number of carbonyl (C=O) groups is 2. The highest BCUT2D eigenvalue weighted by atomic mass is 35.5. The van der Waals surface area contributed by atoms with Gasteiger partial charge in [-0.2, -0.15) is 0 Å². The molecule has 2 aliphatic heterocycles. The lowest BCUT2D eigenvalue weighted by molar-refractivity contribution is -0.127. The fourth-order valence-corrected chi connectivity index (χ4v) is 4.96. The van der Waals surface area contributed by atoms with Crippen LogP contribution in [-0.2, 0) is 22.7 Å². The van der Waals surface area contributed by atoms with Crippen LogP contribution in [0.5, 0.6) is 0 Å². The average Bonchev–Trinajstić information content (AvgIpc) is 3.32. The number of nitrogens with one attached hydrogen (secondary N) is 1. The van der Waals surface area contributed by atoms with Crippen LogP contribution in [0.25, 0.3) is 0 Å². The Kier molecular flexibility index (Phi) is 6.88. The second kappa shape index (κ2) is 10.2. The maximum atomic E-state index is 13.2. The van der Waals surface area contributed by atoms with Crippen LogP contribution in [0.2, 0.25) is 5.02 Å². The van der Waals surface area contributed by atoms with E-state index in [1.807, 2.05) is 66.1 Å². The van der Waals surface area contributed by atoms with Crippen molar-refractivity contribution in [3.05, 3.63) is 88.5 Å². The molecular formula is C27H29ClN4O3. The topological polar surface area (TPSA) is 76.5 Å². The molecule has 182 valence electrons. The Bertz CT molecular complexity index is 1190. The third-order valence-electron chi connectivity index (χ3n) is 6.99. The number of imidazole rings is 1. The molecule has 1 fully saturated rings. The number of hydrogen-bond donors (Lipinski definition) is 1. The Morgan fingerprint density at radius 1 is 1.09 bits per heavy atom. The van der Waals surface area contributed by atoms with E-state index in [-0.39, 0.29) is 29.9 Å². The second-order valence-corrected chi connectivity index (χ2v) is 9.69. The van der Waals surface area contributed by atoms with Gasteiger partial charge in [0.15, 0.2) is 5.69 Å². The van der Waals surface area contributed by atoms with Gasteiger partial charge in [-0.25, -0.2) is 4.98 Å². The molecule has 2 amide bonds. The number of benzene rings is 2. The summed E-state index contributed by atoms with van der Waals surface area (Å²) in [5.41, 5.74) is 3.37. The van der Waals surface area contributed by atoms with Gasteiger partial charge >= 0.3 is 0 Å². The zero-order valence-corrected chi connectivity index (χ0v) is 20.4. The van der Waals surface area contributed by atoms with Crippen molar-refractivity contribution in [1.29, 1.82) is 0 Å².